The Morgan fingerprint density at radius 3 is 2.62 bits per heavy atom. The summed E-state index contributed by atoms with van der Waals surface area (Å²) in [6.07, 6.45) is 0. The highest BCUT2D eigenvalue weighted by molar-refractivity contribution is 7.71. The molecule has 3 N–H and O–H groups in total. The molecule has 7 heteroatoms. The molecule has 24 heavy (non-hydrogen) atoms. The van der Waals surface area contributed by atoms with Crippen LogP contribution in [0.5, 0.6) is 0 Å². The monoisotopic (exact) mass is 343 g/mol. The second-order valence-corrected chi connectivity index (χ2v) is 5.83. The lowest BCUT2D eigenvalue weighted by atomic mass is 9.82. The Morgan fingerprint density at radius 1 is 1.25 bits per heavy atom. The number of benzene rings is 1. The van der Waals surface area contributed by atoms with Crippen LogP contribution in [0, 0.1) is 4.77 Å². The van der Waals surface area contributed by atoms with Crippen molar-refractivity contribution in [2.45, 2.75) is 19.8 Å². The molecule has 1 aliphatic rings. The number of H-pyrrole nitrogens is 2. The molecular formula is C17H17N3O3S. The Bertz CT molecular complexity index is 928. The molecule has 1 aromatic heterocycles. The molecular weight excluding hydrogens is 326 g/mol. The average Bonchev–Trinajstić information content (AvgIpc) is 2.54. The van der Waals surface area contributed by atoms with Gasteiger partial charge in [-0.1, -0.05) is 30.3 Å². The van der Waals surface area contributed by atoms with Crippen LogP contribution in [0.15, 0.2) is 46.4 Å². The number of carbonyl (C=O) groups excluding carboxylic acids is 1. The lowest BCUT2D eigenvalue weighted by Crippen LogP contribution is -2.31. The zero-order valence-corrected chi connectivity index (χ0v) is 14.1. The van der Waals surface area contributed by atoms with Crippen molar-refractivity contribution in [3.63, 3.8) is 0 Å². The topological polar surface area (TPSA) is 87.0 Å². The second-order valence-electron chi connectivity index (χ2n) is 5.42. The zero-order valence-electron chi connectivity index (χ0n) is 13.3. The van der Waals surface area contributed by atoms with E-state index in [-0.39, 0.29) is 16.9 Å². The molecule has 1 unspecified atom stereocenters. The molecule has 0 fully saturated rings. The van der Waals surface area contributed by atoms with Crippen LogP contribution in [0.2, 0.25) is 0 Å². The summed E-state index contributed by atoms with van der Waals surface area (Å²) < 4.78 is 5.43. The summed E-state index contributed by atoms with van der Waals surface area (Å²) in [5.41, 5.74) is 1.98. The van der Waals surface area contributed by atoms with Crippen LogP contribution in [0.1, 0.15) is 30.9 Å². The van der Waals surface area contributed by atoms with E-state index in [0.717, 1.165) is 5.56 Å². The number of ether oxygens (including phenoxy) is 1. The lowest BCUT2D eigenvalue weighted by molar-refractivity contribution is -0.138. The minimum Gasteiger partial charge on any atom is -0.463 e. The molecule has 1 atom stereocenters. The van der Waals surface area contributed by atoms with Crippen molar-refractivity contribution in [1.82, 2.24) is 9.97 Å². The zero-order chi connectivity index (χ0) is 17.3. The summed E-state index contributed by atoms with van der Waals surface area (Å²) in [6.45, 7) is 3.79. The number of rotatable bonds is 3. The van der Waals surface area contributed by atoms with Crippen LogP contribution in [-0.2, 0) is 9.53 Å². The third kappa shape index (κ3) is 2.78. The van der Waals surface area contributed by atoms with Gasteiger partial charge in [-0.2, -0.15) is 0 Å². The first-order chi connectivity index (χ1) is 11.5. The van der Waals surface area contributed by atoms with Gasteiger partial charge >= 0.3 is 5.97 Å². The van der Waals surface area contributed by atoms with Gasteiger partial charge < -0.3 is 15.0 Å². The van der Waals surface area contributed by atoms with Crippen LogP contribution in [0.3, 0.4) is 0 Å². The predicted molar refractivity (Wildman–Crippen MR) is 93.5 cm³/mol. The average molecular weight is 343 g/mol. The van der Waals surface area contributed by atoms with Gasteiger partial charge in [0.25, 0.3) is 5.56 Å². The number of anilines is 1. The highest BCUT2D eigenvalue weighted by atomic mass is 32.1. The first-order valence-electron chi connectivity index (χ1n) is 7.59. The third-order valence-corrected chi connectivity index (χ3v) is 4.11. The molecule has 1 aliphatic heterocycles. The number of aromatic nitrogens is 2. The van der Waals surface area contributed by atoms with Gasteiger partial charge in [-0.3, -0.25) is 9.78 Å². The quantitative estimate of drug-likeness (QED) is 0.589. The van der Waals surface area contributed by atoms with E-state index in [0.29, 0.717) is 22.7 Å². The van der Waals surface area contributed by atoms with Gasteiger partial charge in [0.15, 0.2) is 4.77 Å². The maximum Gasteiger partial charge on any atom is 0.336 e. The van der Waals surface area contributed by atoms with Crippen molar-refractivity contribution in [2.24, 2.45) is 0 Å². The fourth-order valence-corrected chi connectivity index (χ4v) is 3.14. The van der Waals surface area contributed by atoms with E-state index >= 15 is 0 Å². The van der Waals surface area contributed by atoms with Gasteiger partial charge in [0, 0.05) is 5.70 Å². The van der Waals surface area contributed by atoms with Crippen molar-refractivity contribution in [3.8, 4) is 0 Å². The van der Waals surface area contributed by atoms with Crippen LogP contribution in [0.4, 0.5) is 5.82 Å². The Labute approximate surface area is 143 Å². The molecule has 2 heterocycles. The van der Waals surface area contributed by atoms with E-state index in [1.54, 1.807) is 13.8 Å². The number of hydrogen-bond donors (Lipinski definition) is 3. The van der Waals surface area contributed by atoms with E-state index in [9.17, 15) is 9.59 Å². The normalized spacial score (nSPS) is 16.3. The van der Waals surface area contributed by atoms with Crippen molar-refractivity contribution in [3.05, 3.63) is 67.9 Å². The number of fused-ring (bicyclic) bond motifs is 1. The molecule has 0 amide bonds. The predicted octanol–water partition coefficient (Wildman–Crippen LogP) is 2.83. The Hall–Kier alpha value is -2.67. The van der Waals surface area contributed by atoms with Crippen LogP contribution in [0.25, 0.3) is 0 Å². The molecule has 0 aliphatic carbocycles. The molecule has 124 valence electrons. The SMILES string of the molecule is CCOC(=O)C1=C(C)Nc2[nH]c(=S)[nH]c(=O)c2C1c1ccccc1. The highest BCUT2D eigenvalue weighted by Crippen LogP contribution is 2.39. The number of hydrogen-bond acceptors (Lipinski definition) is 5. The summed E-state index contributed by atoms with van der Waals surface area (Å²) in [5.74, 6) is -0.468. The molecule has 0 saturated heterocycles. The van der Waals surface area contributed by atoms with Crippen LogP contribution < -0.4 is 10.9 Å². The van der Waals surface area contributed by atoms with Gasteiger partial charge in [0.2, 0.25) is 0 Å². The van der Waals surface area contributed by atoms with E-state index in [1.807, 2.05) is 30.3 Å². The summed E-state index contributed by atoms with van der Waals surface area (Å²) in [7, 11) is 0. The van der Waals surface area contributed by atoms with Crippen molar-refractivity contribution in [2.75, 3.05) is 11.9 Å². The highest BCUT2D eigenvalue weighted by Gasteiger charge is 2.35. The second kappa shape index (κ2) is 6.45. The number of nitrogens with one attached hydrogen (secondary N) is 3. The maximum atomic E-state index is 12.5. The first-order valence-corrected chi connectivity index (χ1v) is 8.00. The van der Waals surface area contributed by atoms with E-state index in [1.165, 1.54) is 0 Å². The van der Waals surface area contributed by atoms with Gasteiger partial charge in [-0.15, -0.1) is 0 Å². The molecule has 1 aromatic carbocycles. The molecule has 2 aromatic rings. The molecule has 0 saturated carbocycles. The first kappa shape index (κ1) is 16.2. The number of allylic oxidation sites excluding steroid dienone is 1. The third-order valence-electron chi connectivity index (χ3n) is 3.90. The fraction of sp³-hybridized carbons (Fsp3) is 0.235. The van der Waals surface area contributed by atoms with E-state index in [2.05, 4.69) is 15.3 Å². The minimum absolute atomic E-state index is 0.227. The van der Waals surface area contributed by atoms with Crippen molar-refractivity contribution >= 4 is 24.0 Å². The maximum absolute atomic E-state index is 12.5. The summed E-state index contributed by atoms with van der Waals surface area (Å²) in [4.78, 5) is 30.6. The Morgan fingerprint density at radius 2 is 1.96 bits per heavy atom. The molecule has 0 spiro atoms. The summed E-state index contributed by atoms with van der Waals surface area (Å²) in [5, 5.41) is 3.07. The molecule has 6 nitrogen and oxygen atoms in total. The standard InChI is InChI=1S/C17H17N3O3S/c1-3-23-16(22)11-9(2)18-14-13(15(21)20-17(24)19-14)12(11)10-7-5-4-6-8-10/h4-8,12H,3H2,1-2H3,(H3,18,19,20,21,24). The van der Waals surface area contributed by atoms with E-state index < -0.39 is 11.9 Å². The van der Waals surface area contributed by atoms with Gasteiger partial charge in [-0.05, 0) is 31.6 Å². The van der Waals surface area contributed by atoms with Crippen molar-refractivity contribution in [1.29, 1.82) is 0 Å². The fourth-order valence-electron chi connectivity index (χ4n) is 2.94. The molecule has 0 bridgehead atoms. The Kier molecular flexibility index (Phi) is 4.35. The van der Waals surface area contributed by atoms with Crippen molar-refractivity contribution < 1.29 is 9.53 Å². The number of aromatic amines is 2. The molecule has 3 rings (SSSR count). The smallest absolute Gasteiger partial charge is 0.336 e. The van der Waals surface area contributed by atoms with Crippen LogP contribution in [-0.4, -0.2) is 22.5 Å². The van der Waals surface area contributed by atoms with Gasteiger partial charge in [0.05, 0.1) is 23.7 Å². The van der Waals surface area contributed by atoms with Gasteiger partial charge in [0.1, 0.15) is 5.82 Å². The minimum atomic E-state index is -0.530. The van der Waals surface area contributed by atoms with Crippen LogP contribution >= 0.6 is 12.2 Å². The number of esters is 1. The largest absolute Gasteiger partial charge is 0.463 e. The van der Waals surface area contributed by atoms with Gasteiger partial charge in [-0.25, -0.2) is 4.79 Å². The molecule has 0 radical (unpaired) electrons. The number of carbonyl (C=O) groups is 1. The summed E-state index contributed by atoms with van der Waals surface area (Å²) >= 11 is 5.04. The lowest BCUT2D eigenvalue weighted by Gasteiger charge is -2.28. The Balaban J connectivity index is 2.28. The van der Waals surface area contributed by atoms with E-state index in [4.69, 9.17) is 17.0 Å². The summed E-state index contributed by atoms with van der Waals surface area (Å²) in [6, 6.07) is 9.39.